The molecule has 0 unspecified atom stereocenters. The third-order valence-electron chi connectivity index (χ3n) is 6.85. The first-order valence-corrected chi connectivity index (χ1v) is 14.9. The molecule has 0 bridgehead atoms. The fourth-order valence-electron chi connectivity index (χ4n) is 5.19. The Hall–Kier alpha value is -3.60. The van der Waals surface area contributed by atoms with E-state index in [1.807, 2.05) is 60.6 Å². The van der Waals surface area contributed by atoms with Crippen LogP contribution in [0.1, 0.15) is 40.3 Å². The number of anilines is 2. The number of hydrogen-bond donors (Lipinski definition) is 3. The SMILES string of the molecule is Cc1cc(N2C(=S)N[C@@H](c3ccccn3)[C@@H]2c2cc(C)n(-c3cc(Cl)ccc3O)c2C)ccc1NS(C)(=O)=O. The van der Waals surface area contributed by atoms with Crippen LogP contribution in [-0.4, -0.2) is 34.4 Å². The number of aryl methyl sites for hydroxylation is 2. The van der Waals surface area contributed by atoms with Gasteiger partial charge in [-0.05, 0) is 98.7 Å². The van der Waals surface area contributed by atoms with E-state index in [2.05, 4.69) is 21.1 Å². The Balaban J connectivity index is 1.67. The van der Waals surface area contributed by atoms with Crippen LogP contribution in [0.25, 0.3) is 5.69 Å². The van der Waals surface area contributed by atoms with Gasteiger partial charge < -0.3 is 19.9 Å². The second kappa shape index (κ2) is 10.2. The molecule has 2 aromatic carbocycles. The van der Waals surface area contributed by atoms with Crippen LogP contribution < -0.4 is 14.9 Å². The van der Waals surface area contributed by atoms with Crippen LogP contribution in [-0.2, 0) is 10.0 Å². The molecule has 0 aliphatic carbocycles. The van der Waals surface area contributed by atoms with Crippen LogP contribution >= 0.6 is 23.8 Å². The fraction of sp³-hybridized carbons (Fsp3) is 0.214. The highest BCUT2D eigenvalue weighted by atomic mass is 35.5. The molecule has 1 fully saturated rings. The summed E-state index contributed by atoms with van der Waals surface area (Å²) in [6.07, 6.45) is 2.88. The van der Waals surface area contributed by atoms with E-state index in [4.69, 9.17) is 23.8 Å². The quantitative estimate of drug-likeness (QED) is 0.251. The third-order valence-corrected chi connectivity index (χ3v) is 7.99. The zero-order valence-corrected chi connectivity index (χ0v) is 24.2. The summed E-state index contributed by atoms with van der Waals surface area (Å²) in [4.78, 5) is 6.66. The summed E-state index contributed by atoms with van der Waals surface area (Å²) in [5.74, 6) is 0.121. The Morgan fingerprint density at radius 1 is 1.08 bits per heavy atom. The summed E-state index contributed by atoms with van der Waals surface area (Å²) in [5, 5.41) is 15.2. The van der Waals surface area contributed by atoms with Gasteiger partial charge in [0.15, 0.2) is 5.11 Å². The predicted octanol–water partition coefficient (Wildman–Crippen LogP) is 5.71. The molecule has 5 rings (SSSR count). The van der Waals surface area contributed by atoms with Gasteiger partial charge in [-0.15, -0.1) is 0 Å². The molecule has 0 saturated carbocycles. The lowest BCUT2D eigenvalue weighted by Gasteiger charge is -2.29. The molecule has 11 heteroatoms. The normalized spacial score (nSPS) is 17.4. The van der Waals surface area contributed by atoms with Gasteiger partial charge in [0.1, 0.15) is 5.75 Å². The molecule has 2 aromatic heterocycles. The molecular formula is C28H28ClN5O3S2. The first kappa shape index (κ1) is 27.0. The minimum atomic E-state index is -3.42. The van der Waals surface area contributed by atoms with Gasteiger partial charge in [-0.25, -0.2) is 8.42 Å². The van der Waals surface area contributed by atoms with E-state index in [9.17, 15) is 13.5 Å². The molecule has 1 aliphatic rings. The van der Waals surface area contributed by atoms with Gasteiger partial charge in [-0.2, -0.15) is 0 Å². The average molecular weight is 582 g/mol. The fourth-order valence-corrected chi connectivity index (χ4v) is 6.34. The Labute approximate surface area is 238 Å². The highest BCUT2D eigenvalue weighted by molar-refractivity contribution is 7.92. The van der Waals surface area contributed by atoms with Crippen LogP contribution in [0, 0.1) is 20.8 Å². The van der Waals surface area contributed by atoms with Gasteiger partial charge in [-0.1, -0.05) is 17.7 Å². The van der Waals surface area contributed by atoms with E-state index in [1.54, 1.807) is 30.5 Å². The minimum Gasteiger partial charge on any atom is -0.506 e. The third kappa shape index (κ3) is 5.19. The van der Waals surface area contributed by atoms with Gasteiger partial charge in [-0.3, -0.25) is 9.71 Å². The summed E-state index contributed by atoms with van der Waals surface area (Å²) in [5.41, 5.74) is 6.32. The van der Waals surface area contributed by atoms with Gasteiger partial charge in [0.2, 0.25) is 10.0 Å². The van der Waals surface area contributed by atoms with E-state index in [1.165, 1.54) is 0 Å². The number of halogens is 1. The Kier molecular flexibility index (Phi) is 7.04. The van der Waals surface area contributed by atoms with Crippen molar-refractivity contribution < 1.29 is 13.5 Å². The highest BCUT2D eigenvalue weighted by Crippen LogP contribution is 2.44. The van der Waals surface area contributed by atoms with E-state index < -0.39 is 10.0 Å². The first-order chi connectivity index (χ1) is 18.4. The molecule has 1 aliphatic heterocycles. The zero-order chi connectivity index (χ0) is 28.1. The number of benzene rings is 2. The Bertz CT molecular complexity index is 1690. The lowest BCUT2D eigenvalue weighted by molar-refractivity contribution is 0.471. The molecule has 0 radical (unpaired) electrons. The predicted molar refractivity (Wildman–Crippen MR) is 159 cm³/mol. The van der Waals surface area contributed by atoms with Crippen LogP contribution in [0.4, 0.5) is 11.4 Å². The van der Waals surface area contributed by atoms with Gasteiger partial charge in [0.05, 0.1) is 35.4 Å². The maximum atomic E-state index is 11.8. The van der Waals surface area contributed by atoms with E-state index >= 15 is 0 Å². The monoisotopic (exact) mass is 581 g/mol. The molecule has 0 spiro atoms. The average Bonchev–Trinajstić information content (AvgIpc) is 3.37. The number of phenolic OH excluding ortho intramolecular Hbond substituents is 1. The lowest BCUT2D eigenvalue weighted by Crippen LogP contribution is -2.29. The second-order valence-electron chi connectivity index (χ2n) is 9.66. The molecule has 1 saturated heterocycles. The first-order valence-electron chi connectivity index (χ1n) is 12.2. The topological polar surface area (TPSA) is 99.5 Å². The van der Waals surface area contributed by atoms with E-state index in [0.29, 0.717) is 21.5 Å². The van der Waals surface area contributed by atoms with Crippen LogP contribution in [0.5, 0.6) is 5.75 Å². The maximum absolute atomic E-state index is 11.8. The van der Waals surface area contributed by atoms with Crippen LogP contribution in [0.3, 0.4) is 0 Å². The summed E-state index contributed by atoms with van der Waals surface area (Å²) in [6.45, 7) is 5.83. The van der Waals surface area contributed by atoms with Crippen molar-refractivity contribution in [1.29, 1.82) is 0 Å². The number of phenols is 1. The van der Waals surface area contributed by atoms with E-state index in [-0.39, 0.29) is 17.8 Å². The molecule has 3 heterocycles. The number of aromatic hydroxyl groups is 1. The highest BCUT2D eigenvalue weighted by Gasteiger charge is 2.42. The molecule has 39 heavy (non-hydrogen) atoms. The van der Waals surface area contributed by atoms with Crippen molar-refractivity contribution in [3.8, 4) is 11.4 Å². The molecule has 3 N–H and O–H groups in total. The van der Waals surface area contributed by atoms with E-state index in [0.717, 1.165) is 40.2 Å². The summed E-state index contributed by atoms with van der Waals surface area (Å²) < 4.78 is 28.2. The van der Waals surface area contributed by atoms with Crippen molar-refractivity contribution in [2.45, 2.75) is 32.9 Å². The number of pyridine rings is 1. The second-order valence-corrected chi connectivity index (χ2v) is 12.2. The zero-order valence-electron chi connectivity index (χ0n) is 21.8. The maximum Gasteiger partial charge on any atom is 0.229 e. The van der Waals surface area contributed by atoms with Gasteiger partial charge >= 0.3 is 0 Å². The molecule has 2 atom stereocenters. The minimum absolute atomic E-state index is 0.121. The number of rotatable bonds is 6. The lowest BCUT2D eigenvalue weighted by atomic mass is 9.96. The molecule has 4 aromatic rings. The summed E-state index contributed by atoms with van der Waals surface area (Å²) in [6, 6.07) is 17.8. The summed E-state index contributed by atoms with van der Waals surface area (Å²) in [7, 11) is -3.42. The van der Waals surface area contributed by atoms with Crippen molar-refractivity contribution in [3.63, 3.8) is 0 Å². The molecule has 8 nitrogen and oxygen atoms in total. The molecule has 202 valence electrons. The van der Waals surface area contributed by atoms with Crippen LogP contribution in [0.15, 0.2) is 66.9 Å². The largest absolute Gasteiger partial charge is 0.506 e. The number of nitrogens with one attached hydrogen (secondary N) is 2. The van der Waals surface area contributed by atoms with Crippen LogP contribution in [0.2, 0.25) is 5.02 Å². The standard InChI is InChI=1S/C28H28ClN5O3S2/c1-16-13-20(9-10-22(16)32-39(4,36)37)34-27(26(31-28(34)38)23-7-5-6-12-30-23)21-14-17(2)33(18(21)3)24-15-19(29)8-11-25(24)35/h5-15,26-27,32,35H,1-4H3,(H,31,38)/t26-,27-/m0/s1. The smallest absolute Gasteiger partial charge is 0.229 e. The Morgan fingerprint density at radius 3 is 2.51 bits per heavy atom. The Morgan fingerprint density at radius 2 is 1.85 bits per heavy atom. The van der Waals surface area contributed by atoms with Crippen molar-refractivity contribution >= 4 is 50.3 Å². The number of thiocarbonyl (C=S) groups is 1. The molecule has 0 amide bonds. The van der Waals surface area contributed by atoms with Crippen molar-refractivity contribution in [1.82, 2.24) is 14.9 Å². The van der Waals surface area contributed by atoms with Gasteiger partial charge in [0.25, 0.3) is 0 Å². The molecular weight excluding hydrogens is 554 g/mol. The number of sulfonamides is 1. The number of aromatic nitrogens is 2. The number of hydrogen-bond acceptors (Lipinski definition) is 5. The van der Waals surface area contributed by atoms with Crippen molar-refractivity contribution in [3.05, 3.63) is 100 Å². The van der Waals surface area contributed by atoms with Gasteiger partial charge in [0, 0.05) is 28.3 Å². The summed E-state index contributed by atoms with van der Waals surface area (Å²) >= 11 is 12.2. The van der Waals surface area contributed by atoms with Crippen molar-refractivity contribution in [2.75, 3.05) is 15.9 Å². The van der Waals surface area contributed by atoms with Crippen molar-refractivity contribution in [2.24, 2.45) is 0 Å². The number of nitrogens with zero attached hydrogens (tertiary/aromatic N) is 3.